The zero-order valence-corrected chi connectivity index (χ0v) is 17.3. The van der Waals surface area contributed by atoms with Gasteiger partial charge in [0.1, 0.15) is 5.76 Å². The summed E-state index contributed by atoms with van der Waals surface area (Å²) >= 11 is 0. The Kier molecular flexibility index (Phi) is 9.69. The molecule has 9 heteroatoms. The van der Waals surface area contributed by atoms with Gasteiger partial charge in [-0.05, 0) is 42.7 Å². The summed E-state index contributed by atoms with van der Waals surface area (Å²) in [5, 5.41) is 20.6. The lowest BCUT2D eigenvalue weighted by Gasteiger charge is -2.12. The Morgan fingerprint density at radius 2 is 1.76 bits per heavy atom. The number of aliphatic hydroxyl groups is 1. The number of sulfonamides is 1. The highest BCUT2D eigenvalue weighted by atomic mass is 32.2. The third-order valence-electron chi connectivity index (χ3n) is 4.29. The lowest BCUT2D eigenvalue weighted by Crippen LogP contribution is -2.39. The quantitative estimate of drug-likeness (QED) is 0.234. The molecule has 0 aliphatic rings. The summed E-state index contributed by atoms with van der Waals surface area (Å²) in [6.45, 7) is 2.10. The van der Waals surface area contributed by atoms with Crippen LogP contribution in [-0.2, 0) is 23.0 Å². The number of unbranched alkanes of at least 4 members (excludes halogenated alkanes) is 3. The average Bonchev–Trinajstić information content (AvgIpc) is 3.21. The van der Waals surface area contributed by atoms with E-state index in [2.05, 4.69) is 15.6 Å². The van der Waals surface area contributed by atoms with Gasteiger partial charge in [-0.25, -0.2) is 18.5 Å². The summed E-state index contributed by atoms with van der Waals surface area (Å²) in [4.78, 5) is 4.67. The molecule has 0 radical (unpaired) electrons. The van der Waals surface area contributed by atoms with Crippen molar-refractivity contribution in [2.24, 2.45) is 10.1 Å². The largest absolute Gasteiger partial charge is 0.469 e. The molecular weight excluding hydrogens is 392 g/mol. The Morgan fingerprint density at radius 1 is 1.03 bits per heavy atom. The molecule has 0 spiro atoms. The maximum absolute atomic E-state index is 11.3. The minimum Gasteiger partial charge on any atom is -0.469 e. The second kappa shape index (κ2) is 12.3. The zero-order chi connectivity index (χ0) is 21.0. The summed E-state index contributed by atoms with van der Waals surface area (Å²) in [6, 6.07) is 10.2. The molecule has 0 saturated heterocycles. The summed E-state index contributed by atoms with van der Waals surface area (Å²) in [7, 11) is -3.69. The Balaban J connectivity index is 1.89. The molecule has 5 N–H and O–H groups in total. The lowest BCUT2D eigenvalue weighted by atomic mass is 10.2. The first-order chi connectivity index (χ1) is 14.0. The van der Waals surface area contributed by atoms with Gasteiger partial charge in [-0.15, -0.1) is 0 Å². The topological polar surface area (TPSA) is 130 Å². The number of benzene rings is 1. The molecule has 1 aromatic heterocycles. The number of aliphatic hydroxyl groups excluding tert-OH is 1. The fourth-order valence-electron chi connectivity index (χ4n) is 2.69. The summed E-state index contributed by atoms with van der Waals surface area (Å²) in [5.41, 5.74) is 0.882. The van der Waals surface area contributed by atoms with Crippen molar-refractivity contribution in [3.05, 3.63) is 54.0 Å². The highest BCUT2D eigenvalue weighted by molar-refractivity contribution is 7.89. The van der Waals surface area contributed by atoms with Crippen molar-refractivity contribution >= 4 is 16.0 Å². The number of rotatable bonds is 12. The van der Waals surface area contributed by atoms with E-state index < -0.39 is 10.0 Å². The molecule has 0 saturated carbocycles. The van der Waals surface area contributed by atoms with E-state index in [1.165, 1.54) is 12.1 Å². The number of nitrogens with two attached hydrogens (primary N) is 1. The van der Waals surface area contributed by atoms with Crippen molar-refractivity contribution in [3.63, 3.8) is 0 Å². The first-order valence-corrected chi connectivity index (χ1v) is 11.3. The first-order valence-electron chi connectivity index (χ1n) is 9.76. The summed E-state index contributed by atoms with van der Waals surface area (Å²) < 4.78 is 28.0. The predicted octanol–water partition coefficient (Wildman–Crippen LogP) is 1.76. The summed E-state index contributed by atoms with van der Waals surface area (Å²) in [6.07, 6.45) is 6.27. The second-order valence-corrected chi connectivity index (χ2v) is 8.24. The maximum atomic E-state index is 11.3. The van der Waals surface area contributed by atoms with Crippen LogP contribution in [0.4, 0.5) is 0 Å². The van der Waals surface area contributed by atoms with Gasteiger partial charge in [-0.2, -0.15) is 0 Å². The van der Waals surface area contributed by atoms with Crippen LogP contribution in [0.3, 0.4) is 0 Å². The van der Waals surface area contributed by atoms with Gasteiger partial charge in [-0.1, -0.05) is 25.0 Å². The van der Waals surface area contributed by atoms with Crippen molar-refractivity contribution in [2.45, 2.75) is 43.5 Å². The number of guanidine groups is 1. The molecule has 160 valence electrons. The highest BCUT2D eigenvalue weighted by Gasteiger charge is 2.07. The van der Waals surface area contributed by atoms with Gasteiger partial charge < -0.3 is 20.2 Å². The molecule has 2 rings (SSSR count). The number of furan rings is 1. The van der Waals surface area contributed by atoms with E-state index in [0.29, 0.717) is 19.0 Å². The molecule has 8 nitrogen and oxygen atoms in total. The van der Waals surface area contributed by atoms with Crippen molar-refractivity contribution in [3.8, 4) is 0 Å². The van der Waals surface area contributed by atoms with E-state index in [4.69, 9.17) is 14.7 Å². The minimum absolute atomic E-state index is 0.0861. The standard InChI is InChI=1S/C20H30N4O4S/c21-29(26,27)19-9-7-17(8-10-19)16-24-20(22-12-3-1-2-4-14-25)23-13-11-18-6-5-15-28-18/h5-10,15,25H,1-4,11-14,16H2,(H2,21,26,27)(H2,22,23,24). The summed E-state index contributed by atoms with van der Waals surface area (Å²) in [5.74, 6) is 1.59. The monoisotopic (exact) mass is 422 g/mol. The maximum Gasteiger partial charge on any atom is 0.238 e. The van der Waals surface area contributed by atoms with Crippen LogP contribution < -0.4 is 15.8 Å². The van der Waals surface area contributed by atoms with Crippen LogP contribution in [0.5, 0.6) is 0 Å². The van der Waals surface area contributed by atoms with E-state index in [0.717, 1.165) is 50.0 Å². The van der Waals surface area contributed by atoms with Crippen molar-refractivity contribution < 1.29 is 17.9 Å². The molecule has 1 aromatic carbocycles. The van der Waals surface area contributed by atoms with E-state index in [1.807, 2.05) is 12.1 Å². The first kappa shape index (κ1) is 22.9. The van der Waals surface area contributed by atoms with Crippen LogP contribution >= 0.6 is 0 Å². The molecule has 0 amide bonds. The van der Waals surface area contributed by atoms with Gasteiger partial charge in [-0.3, -0.25) is 0 Å². The van der Waals surface area contributed by atoms with E-state index >= 15 is 0 Å². The van der Waals surface area contributed by atoms with E-state index in [-0.39, 0.29) is 11.5 Å². The van der Waals surface area contributed by atoms with Crippen LogP contribution in [0.1, 0.15) is 37.0 Å². The Labute approximate surface area is 172 Å². The Hall–Kier alpha value is -2.36. The average molecular weight is 423 g/mol. The Morgan fingerprint density at radius 3 is 2.41 bits per heavy atom. The van der Waals surface area contributed by atoms with Gasteiger partial charge in [0, 0.05) is 26.1 Å². The van der Waals surface area contributed by atoms with Crippen molar-refractivity contribution in [1.82, 2.24) is 10.6 Å². The number of hydrogen-bond acceptors (Lipinski definition) is 5. The third kappa shape index (κ3) is 9.12. The molecule has 2 aromatic rings. The molecule has 0 aliphatic heterocycles. The molecule has 29 heavy (non-hydrogen) atoms. The van der Waals surface area contributed by atoms with Crippen molar-refractivity contribution in [2.75, 3.05) is 19.7 Å². The normalized spacial score (nSPS) is 12.1. The Bertz CT molecular complexity index is 834. The number of aliphatic imine (C=N–C) groups is 1. The van der Waals surface area contributed by atoms with Crippen LogP contribution in [0.15, 0.2) is 57.0 Å². The fraction of sp³-hybridized carbons (Fsp3) is 0.450. The molecule has 0 fully saturated rings. The molecule has 0 bridgehead atoms. The van der Waals surface area contributed by atoms with Gasteiger partial charge in [0.2, 0.25) is 10.0 Å². The second-order valence-electron chi connectivity index (χ2n) is 6.67. The van der Waals surface area contributed by atoms with Gasteiger partial charge >= 0.3 is 0 Å². The van der Waals surface area contributed by atoms with E-state index in [9.17, 15) is 8.42 Å². The predicted molar refractivity (Wildman–Crippen MR) is 113 cm³/mol. The van der Waals surface area contributed by atoms with Crippen LogP contribution in [-0.4, -0.2) is 39.2 Å². The smallest absolute Gasteiger partial charge is 0.238 e. The van der Waals surface area contributed by atoms with Gasteiger partial charge in [0.05, 0.1) is 17.7 Å². The number of primary sulfonamides is 1. The molecule has 0 unspecified atom stereocenters. The fourth-order valence-corrected chi connectivity index (χ4v) is 3.20. The van der Waals surface area contributed by atoms with E-state index in [1.54, 1.807) is 18.4 Å². The molecule has 0 atom stereocenters. The number of hydrogen-bond donors (Lipinski definition) is 4. The number of nitrogens with zero attached hydrogens (tertiary/aromatic N) is 1. The van der Waals surface area contributed by atoms with Crippen molar-refractivity contribution in [1.29, 1.82) is 0 Å². The SMILES string of the molecule is NS(=O)(=O)c1ccc(CN=C(NCCCCCCO)NCCc2ccco2)cc1. The zero-order valence-electron chi connectivity index (χ0n) is 16.5. The van der Waals surface area contributed by atoms with Gasteiger partial charge in [0.25, 0.3) is 0 Å². The third-order valence-corrected chi connectivity index (χ3v) is 5.22. The molecule has 0 aliphatic carbocycles. The van der Waals surface area contributed by atoms with Crippen LogP contribution in [0.25, 0.3) is 0 Å². The minimum atomic E-state index is -3.69. The highest BCUT2D eigenvalue weighted by Crippen LogP contribution is 2.09. The molecular formula is C20H30N4O4S. The molecule has 1 heterocycles. The van der Waals surface area contributed by atoms with Crippen LogP contribution in [0.2, 0.25) is 0 Å². The lowest BCUT2D eigenvalue weighted by molar-refractivity contribution is 0.282. The number of nitrogens with one attached hydrogen (secondary N) is 2. The van der Waals surface area contributed by atoms with Gasteiger partial charge in [0.15, 0.2) is 5.96 Å². The van der Waals surface area contributed by atoms with Crippen LogP contribution in [0, 0.1) is 0 Å².